The molecule has 7 nitrogen and oxygen atoms in total. The van der Waals surface area contributed by atoms with Gasteiger partial charge >= 0.3 is 5.97 Å². The smallest absolute Gasteiger partial charge is 0.332 e. The molecule has 2 N–H and O–H groups in total. The Morgan fingerprint density at radius 1 is 1.33 bits per heavy atom. The van der Waals surface area contributed by atoms with Crippen LogP contribution in [0.2, 0.25) is 0 Å². The van der Waals surface area contributed by atoms with Crippen molar-refractivity contribution in [1.82, 2.24) is 5.32 Å². The molecule has 2 atom stereocenters. The summed E-state index contributed by atoms with van der Waals surface area (Å²) in [4.78, 5) is 23.9. The third kappa shape index (κ3) is 6.26. The number of hydrogen-bond donors (Lipinski definition) is 2. The van der Waals surface area contributed by atoms with E-state index in [0.29, 0.717) is 17.9 Å². The van der Waals surface area contributed by atoms with Gasteiger partial charge in [0.05, 0.1) is 12.7 Å². The topological polar surface area (TPSA) is 109 Å². The largest absolute Gasteiger partial charge is 0.494 e. The number of aliphatic hydroxyl groups excluding tert-OH is 1. The van der Waals surface area contributed by atoms with Crippen molar-refractivity contribution in [2.45, 2.75) is 38.8 Å². The summed E-state index contributed by atoms with van der Waals surface area (Å²) in [6.07, 6.45) is 0.823. The monoisotopic (exact) mass is 334 g/mol. The molecule has 0 aromatic heterocycles. The molecular formula is C17H22N2O5. The summed E-state index contributed by atoms with van der Waals surface area (Å²) >= 11 is 0. The molecule has 24 heavy (non-hydrogen) atoms. The summed E-state index contributed by atoms with van der Waals surface area (Å²) in [5, 5.41) is 20.4. The van der Waals surface area contributed by atoms with Gasteiger partial charge in [-0.2, -0.15) is 5.26 Å². The van der Waals surface area contributed by atoms with Gasteiger partial charge in [0, 0.05) is 5.56 Å². The summed E-state index contributed by atoms with van der Waals surface area (Å²) in [5.41, 5.74) is 0.316. The minimum atomic E-state index is -1.24. The Hall–Kier alpha value is -2.59. The molecular weight excluding hydrogens is 312 g/mol. The predicted octanol–water partition coefficient (Wildman–Crippen LogP) is 1.41. The van der Waals surface area contributed by atoms with Crippen molar-refractivity contribution in [1.29, 1.82) is 5.26 Å². The van der Waals surface area contributed by atoms with E-state index in [1.54, 1.807) is 30.3 Å². The number of carbonyl (C=O) groups excluding carboxylic acids is 2. The number of amides is 1. The van der Waals surface area contributed by atoms with Crippen molar-refractivity contribution in [3.8, 4) is 11.8 Å². The van der Waals surface area contributed by atoms with Gasteiger partial charge in [0.25, 0.3) is 5.91 Å². The standard InChI is InChI=1S/C17H22N2O5/c1-3-4-10-23-14-7-5-13(6-8-14)16(21)19-15(12(2)20)17(22)24-11-9-18/h5-8,12,15,20H,3-4,10-11H2,1-2H3,(H,19,21)/t12-,15-/m1/s1. The van der Waals surface area contributed by atoms with Crippen molar-refractivity contribution >= 4 is 11.9 Å². The molecule has 0 unspecified atom stereocenters. The Labute approximate surface area is 141 Å². The SMILES string of the molecule is CCCCOc1ccc(C(=O)N[C@@H](C(=O)OCC#N)[C@@H](C)O)cc1. The first-order valence-electron chi connectivity index (χ1n) is 7.75. The van der Waals surface area contributed by atoms with Gasteiger partial charge in [-0.25, -0.2) is 4.79 Å². The Morgan fingerprint density at radius 2 is 2.00 bits per heavy atom. The van der Waals surface area contributed by atoms with Crippen molar-refractivity contribution in [2.24, 2.45) is 0 Å². The quantitative estimate of drug-likeness (QED) is 0.522. The number of nitrogens with zero attached hydrogens (tertiary/aromatic N) is 1. The van der Waals surface area contributed by atoms with Crippen molar-refractivity contribution in [3.63, 3.8) is 0 Å². The van der Waals surface area contributed by atoms with Gasteiger partial charge in [0.15, 0.2) is 12.6 Å². The van der Waals surface area contributed by atoms with Crippen molar-refractivity contribution in [3.05, 3.63) is 29.8 Å². The fourth-order valence-corrected chi connectivity index (χ4v) is 1.83. The fraction of sp³-hybridized carbons (Fsp3) is 0.471. The van der Waals surface area contributed by atoms with Crippen LogP contribution in [0.15, 0.2) is 24.3 Å². The molecule has 0 fully saturated rings. The van der Waals surface area contributed by atoms with Gasteiger partial charge in [-0.15, -0.1) is 0 Å². The molecule has 0 aliphatic rings. The Balaban J connectivity index is 2.67. The number of esters is 1. The van der Waals surface area contributed by atoms with E-state index in [0.717, 1.165) is 12.8 Å². The molecule has 1 rings (SSSR count). The maximum Gasteiger partial charge on any atom is 0.332 e. The van der Waals surface area contributed by atoms with Crippen LogP contribution < -0.4 is 10.1 Å². The van der Waals surface area contributed by atoms with Crippen LogP contribution in [-0.2, 0) is 9.53 Å². The summed E-state index contributed by atoms with van der Waals surface area (Å²) < 4.78 is 10.1. The van der Waals surface area contributed by atoms with Gasteiger partial charge < -0.3 is 19.9 Å². The number of nitriles is 1. The lowest BCUT2D eigenvalue weighted by atomic mass is 10.1. The van der Waals surface area contributed by atoms with Crippen LogP contribution in [0.5, 0.6) is 5.75 Å². The highest BCUT2D eigenvalue weighted by molar-refractivity contribution is 5.97. The first-order valence-corrected chi connectivity index (χ1v) is 7.75. The van der Waals surface area contributed by atoms with Crippen LogP contribution in [0, 0.1) is 11.3 Å². The molecule has 1 amide bonds. The second-order valence-electron chi connectivity index (χ2n) is 5.18. The lowest BCUT2D eigenvalue weighted by molar-refractivity contribution is -0.147. The number of carbonyl (C=O) groups is 2. The minimum Gasteiger partial charge on any atom is -0.494 e. The number of rotatable bonds is 9. The highest BCUT2D eigenvalue weighted by atomic mass is 16.5. The molecule has 1 aromatic rings. The second-order valence-corrected chi connectivity index (χ2v) is 5.18. The first kappa shape index (κ1) is 19.5. The molecule has 1 aromatic carbocycles. The molecule has 0 bridgehead atoms. The van der Waals surface area contributed by atoms with Gasteiger partial charge in [-0.1, -0.05) is 13.3 Å². The Morgan fingerprint density at radius 3 is 2.54 bits per heavy atom. The van der Waals surface area contributed by atoms with E-state index in [1.165, 1.54) is 6.92 Å². The van der Waals surface area contributed by atoms with Crippen LogP contribution in [0.4, 0.5) is 0 Å². The van der Waals surface area contributed by atoms with Gasteiger partial charge in [0.2, 0.25) is 0 Å². The van der Waals surface area contributed by atoms with Gasteiger partial charge in [-0.3, -0.25) is 4.79 Å². The predicted molar refractivity (Wildman–Crippen MR) is 86.4 cm³/mol. The lowest BCUT2D eigenvalue weighted by Gasteiger charge is -2.19. The molecule has 0 aliphatic heterocycles. The van der Waals surface area contributed by atoms with E-state index in [-0.39, 0.29) is 0 Å². The van der Waals surface area contributed by atoms with E-state index < -0.39 is 30.6 Å². The number of ether oxygens (including phenoxy) is 2. The van der Waals surface area contributed by atoms with Crippen molar-refractivity contribution in [2.75, 3.05) is 13.2 Å². The zero-order valence-electron chi connectivity index (χ0n) is 13.8. The third-order valence-electron chi connectivity index (χ3n) is 3.19. The number of nitrogens with one attached hydrogen (secondary N) is 1. The van der Waals surface area contributed by atoms with E-state index >= 15 is 0 Å². The molecule has 0 aliphatic carbocycles. The normalized spacial score (nSPS) is 12.6. The van der Waals surface area contributed by atoms with Crippen LogP contribution >= 0.6 is 0 Å². The van der Waals surface area contributed by atoms with E-state index in [1.807, 2.05) is 0 Å². The molecule has 0 saturated heterocycles. The zero-order valence-corrected chi connectivity index (χ0v) is 13.8. The van der Waals surface area contributed by atoms with Gasteiger partial charge in [-0.05, 0) is 37.6 Å². The summed E-state index contributed by atoms with van der Waals surface area (Å²) in [6.45, 7) is 3.58. The van der Waals surface area contributed by atoms with Crippen LogP contribution in [0.3, 0.4) is 0 Å². The zero-order chi connectivity index (χ0) is 17.9. The van der Waals surface area contributed by atoms with E-state index in [2.05, 4.69) is 17.0 Å². The number of hydrogen-bond acceptors (Lipinski definition) is 6. The molecule has 0 saturated carbocycles. The highest BCUT2D eigenvalue weighted by Crippen LogP contribution is 2.13. The van der Waals surface area contributed by atoms with Gasteiger partial charge in [0.1, 0.15) is 11.8 Å². The number of aliphatic hydroxyl groups is 1. The average molecular weight is 334 g/mol. The summed E-state index contributed by atoms with van der Waals surface area (Å²) in [7, 11) is 0. The number of unbranched alkanes of at least 4 members (excludes halogenated alkanes) is 1. The molecule has 0 heterocycles. The Kier molecular flexibility index (Phi) is 8.30. The van der Waals surface area contributed by atoms with E-state index in [9.17, 15) is 14.7 Å². The van der Waals surface area contributed by atoms with Crippen LogP contribution in [0.1, 0.15) is 37.0 Å². The summed E-state index contributed by atoms with van der Waals surface area (Å²) in [5.74, 6) is -0.741. The molecule has 130 valence electrons. The third-order valence-corrected chi connectivity index (χ3v) is 3.19. The maximum atomic E-state index is 12.2. The van der Waals surface area contributed by atoms with E-state index in [4.69, 9.17) is 10.00 Å². The second kappa shape index (κ2) is 10.2. The average Bonchev–Trinajstić information content (AvgIpc) is 2.57. The molecule has 0 radical (unpaired) electrons. The fourth-order valence-electron chi connectivity index (χ4n) is 1.83. The van der Waals surface area contributed by atoms with Crippen molar-refractivity contribution < 1.29 is 24.2 Å². The Bertz CT molecular complexity index is 578. The minimum absolute atomic E-state index is 0.316. The lowest BCUT2D eigenvalue weighted by Crippen LogP contribution is -2.48. The molecule has 0 spiro atoms. The number of benzene rings is 1. The first-order chi connectivity index (χ1) is 11.5. The summed E-state index contributed by atoms with van der Waals surface area (Å²) in [6, 6.07) is 6.87. The highest BCUT2D eigenvalue weighted by Gasteiger charge is 2.27. The molecule has 7 heteroatoms. The van der Waals surface area contributed by atoms with Crippen LogP contribution in [0.25, 0.3) is 0 Å². The van der Waals surface area contributed by atoms with Crippen LogP contribution in [-0.4, -0.2) is 42.3 Å². The maximum absolute atomic E-state index is 12.2.